The van der Waals surface area contributed by atoms with Crippen molar-refractivity contribution in [2.45, 2.75) is 37.6 Å². The summed E-state index contributed by atoms with van der Waals surface area (Å²) in [5.41, 5.74) is 1.72. The first-order chi connectivity index (χ1) is 10.9. The zero-order valence-corrected chi connectivity index (χ0v) is 14.2. The van der Waals surface area contributed by atoms with Crippen LogP contribution in [0.25, 0.3) is 0 Å². The molecule has 1 aromatic carbocycles. The molecule has 0 bridgehead atoms. The highest BCUT2D eigenvalue weighted by Gasteiger charge is 2.30. The van der Waals surface area contributed by atoms with Crippen molar-refractivity contribution >= 4 is 21.6 Å². The monoisotopic (exact) mass is 338 g/mol. The second kappa shape index (κ2) is 6.22. The normalized spacial score (nSPS) is 24.0. The van der Waals surface area contributed by atoms with E-state index in [1.165, 1.54) is 6.92 Å². The minimum atomic E-state index is -3.53. The summed E-state index contributed by atoms with van der Waals surface area (Å²) >= 11 is 0. The minimum absolute atomic E-state index is 0.0220. The van der Waals surface area contributed by atoms with Gasteiger partial charge in [0.2, 0.25) is 15.9 Å². The quantitative estimate of drug-likeness (QED) is 0.898. The van der Waals surface area contributed by atoms with Gasteiger partial charge in [0, 0.05) is 31.8 Å². The Labute approximate surface area is 136 Å². The lowest BCUT2D eigenvalue weighted by Crippen LogP contribution is -2.33. The van der Waals surface area contributed by atoms with Crippen molar-refractivity contribution < 1.29 is 17.9 Å². The van der Waals surface area contributed by atoms with Crippen LogP contribution in [-0.2, 0) is 26.0 Å². The van der Waals surface area contributed by atoms with Crippen LogP contribution in [0.1, 0.15) is 25.8 Å². The molecule has 1 saturated heterocycles. The largest absolute Gasteiger partial charge is 0.381 e. The Bertz CT molecular complexity index is 711. The number of fused-ring (bicyclic) bond motifs is 1. The number of carbonyl (C=O) groups excluding carboxylic acids is 1. The zero-order valence-electron chi connectivity index (χ0n) is 13.4. The van der Waals surface area contributed by atoms with Crippen LogP contribution in [0.5, 0.6) is 0 Å². The standard InChI is InChI=1S/C16H22N2O4S/c1-11-7-14-8-15(3-4-16(14)18(11)12(2)19)23(20,21)17-9-13-5-6-22-10-13/h3-4,8,11,13,17H,5-7,9-10H2,1-2H3/t11-,13+/m0/s1. The van der Waals surface area contributed by atoms with E-state index in [2.05, 4.69) is 4.72 Å². The molecule has 0 aromatic heterocycles. The Morgan fingerprint density at radius 1 is 1.43 bits per heavy atom. The first kappa shape index (κ1) is 16.4. The fourth-order valence-corrected chi connectivity index (χ4v) is 4.48. The molecule has 0 radical (unpaired) electrons. The van der Waals surface area contributed by atoms with E-state index in [9.17, 15) is 13.2 Å². The summed E-state index contributed by atoms with van der Waals surface area (Å²) in [4.78, 5) is 13.7. The molecule has 0 saturated carbocycles. The highest BCUT2D eigenvalue weighted by atomic mass is 32.2. The number of sulfonamides is 1. The Balaban J connectivity index is 1.79. The number of nitrogens with zero attached hydrogens (tertiary/aromatic N) is 1. The summed E-state index contributed by atoms with van der Waals surface area (Å²) in [6.07, 6.45) is 1.56. The molecule has 2 aliphatic heterocycles. The molecule has 0 unspecified atom stereocenters. The summed E-state index contributed by atoms with van der Waals surface area (Å²) in [6.45, 7) is 5.20. The van der Waals surface area contributed by atoms with Gasteiger partial charge in [0.15, 0.2) is 0 Å². The van der Waals surface area contributed by atoms with E-state index in [0.29, 0.717) is 26.2 Å². The predicted octanol–water partition coefficient (Wildman–Crippen LogP) is 1.30. The van der Waals surface area contributed by atoms with E-state index >= 15 is 0 Å². The molecular formula is C16H22N2O4S. The molecule has 126 valence electrons. The molecule has 2 aliphatic rings. The maximum atomic E-state index is 12.5. The predicted molar refractivity (Wildman–Crippen MR) is 86.9 cm³/mol. The number of benzene rings is 1. The lowest BCUT2D eigenvalue weighted by atomic mass is 10.1. The first-order valence-electron chi connectivity index (χ1n) is 7.88. The summed E-state index contributed by atoms with van der Waals surface area (Å²) in [5, 5.41) is 0. The number of carbonyl (C=O) groups is 1. The van der Waals surface area contributed by atoms with Gasteiger partial charge in [0.25, 0.3) is 0 Å². The molecule has 0 aliphatic carbocycles. The van der Waals surface area contributed by atoms with Crippen molar-refractivity contribution in [1.29, 1.82) is 0 Å². The van der Waals surface area contributed by atoms with Gasteiger partial charge in [-0.3, -0.25) is 4.79 Å². The van der Waals surface area contributed by atoms with Crippen molar-refractivity contribution in [2.75, 3.05) is 24.7 Å². The molecule has 2 atom stereocenters. The van der Waals surface area contributed by atoms with Gasteiger partial charge in [-0.25, -0.2) is 13.1 Å². The van der Waals surface area contributed by atoms with Crippen LogP contribution in [0.2, 0.25) is 0 Å². The zero-order chi connectivity index (χ0) is 16.6. The molecule has 23 heavy (non-hydrogen) atoms. The first-order valence-corrected chi connectivity index (χ1v) is 9.37. The summed E-state index contributed by atoms with van der Waals surface area (Å²) in [6, 6.07) is 5.04. The van der Waals surface area contributed by atoms with Gasteiger partial charge >= 0.3 is 0 Å². The van der Waals surface area contributed by atoms with Crippen LogP contribution < -0.4 is 9.62 Å². The van der Waals surface area contributed by atoms with E-state index < -0.39 is 10.0 Å². The van der Waals surface area contributed by atoms with Crippen molar-refractivity contribution in [2.24, 2.45) is 5.92 Å². The number of nitrogens with one attached hydrogen (secondary N) is 1. The molecule has 6 nitrogen and oxygen atoms in total. The Hall–Kier alpha value is -1.44. The van der Waals surface area contributed by atoms with Crippen LogP contribution >= 0.6 is 0 Å². The number of hydrogen-bond donors (Lipinski definition) is 1. The molecule has 1 N–H and O–H groups in total. The van der Waals surface area contributed by atoms with E-state index in [1.807, 2.05) is 6.92 Å². The molecule has 7 heteroatoms. The highest BCUT2D eigenvalue weighted by Crippen LogP contribution is 2.33. The van der Waals surface area contributed by atoms with Gasteiger partial charge in [-0.2, -0.15) is 0 Å². The Kier molecular flexibility index (Phi) is 4.44. The molecule has 2 heterocycles. The van der Waals surface area contributed by atoms with Crippen LogP contribution in [0.4, 0.5) is 5.69 Å². The van der Waals surface area contributed by atoms with Crippen molar-refractivity contribution in [1.82, 2.24) is 4.72 Å². The summed E-state index contributed by atoms with van der Waals surface area (Å²) in [7, 11) is -3.53. The van der Waals surface area contributed by atoms with E-state index in [-0.39, 0.29) is 22.8 Å². The fraction of sp³-hybridized carbons (Fsp3) is 0.562. The van der Waals surface area contributed by atoms with Gasteiger partial charge in [-0.05, 0) is 49.4 Å². The van der Waals surface area contributed by atoms with Gasteiger partial charge in [-0.15, -0.1) is 0 Å². The van der Waals surface area contributed by atoms with Crippen LogP contribution in [-0.4, -0.2) is 40.1 Å². The molecule has 1 fully saturated rings. The molecule has 3 rings (SSSR count). The molecule has 1 aromatic rings. The topological polar surface area (TPSA) is 75.7 Å². The lowest BCUT2D eigenvalue weighted by molar-refractivity contribution is -0.116. The lowest BCUT2D eigenvalue weighted by Gasteiger charge is -2.20. The summed E-state index contributed by atoms with van der Waals surface area (Å²) in [5.74, 6) is 0.221. The minimum Gasteiger partial charge on any atom is -0.381 e. The van der Waals surface area contributed by atoms with E-state index in [0.717, 1.165) is 17.7 Å². The molecule has 0 spiro atoms. The van der Waals surface area contributed by atoms with Crippen LogP contribution in [0.15, 0.2) is 23.1 Å². The van der Waals surface area contributed by atoms with E-state index in [1.54, 1.807) is 23.1 Å². The number of hydrogen-bond acceptors (Lipinski definition) is 4. The van der Waals surface area contributed by atoms with Gasteiger partial charge < -0.3 is 9.64 Å². The average Bonchev–Trinajstić information content (AvgIpc) is 3.10. The van der Waals surface area contributed by atoms with Crippen LogP contribution in [0, 0.1) is 5.92 Å². The third-order valence-corrected chi connectivity index (χ3v) is 5.92. The second-order valence-corrected chi connectivity index (χ2v) is 8.08. The third kappa shape index (κ3) is 3.27. The number of anilines is 1. The number of ether oxygens (including phenoxy) is 1. The van der Waals surface area contributed by atoms with Crippen molar-refractivity contribution in [3.8, 4) is 0 Å². The second-order valence-electron chi connectivity index (χ2n) is 6.31. The maximum absolute atomic E-state index is 12.5. The fourth-order valence-electron chi connectivity index (χ4n) is 3.31. The van der Waals surface area contributed by atoms with Crippen molar-refractivity contribution in [3.63, 3.8) is 0 Å². The highest BCUT2D eigenvalue weighted by molar-refractivity contribution is 7.89. The Morgan fingerprint density at radius 2 is 2.22 bits per heavy atom. The van der Waals surface area contributed by atoms with Crippen LogP contribution in [0.3, 0.4) is 0 Å². The van der Waals surface area contributed by atoms with E-state index in [4.69, 9.17) is 4.74 Å². The molecular weight excluding hydrogens is 316 g/mol. The van der Waals surface area contributed by atoms with Gasteiger partial charge in [0.05, 0.1) is 11.5 Å². The smallest absolute Gasteiger partial charge is 0.240 e. The number of rotatable bonds is 4. The average molecular weight is 338 g/mol. The molecule has 1 amide bonds. The maximum Gasteiger partial charge on any atom is 0.240 e. The Morgan fingerprint density at radius 3 is 2.87 bits per heavy atom. The summed E-state index contributed by atoms with van der Waals surface area (Å²) < 4.78 is 32.8. The number of amides is 1. The third-order valence-electron chi connectivity index (χ3n) is 4.50. The van der Waals surface area contributed by atoms with Gasteiger partial charge in [-0.1, -0.05) is 0 Å². The van der Waals surface area contributed by atoms with Crippen molar-refractivity contribution in [3.05, 3.63) is 23.8 Å². The SMILES string of the molecule is CC(=O)N1c2ccc(S(=O)(=O)NC[C@H]3CCOC3)cc2C[C@@H]1C. The van der Waals surface area contributed by atoms with Gasteiger partial charge in [0.1, 0.15) is 0 Å².